The minimum atomic E-state index is -1.61. The summed E-state index contributed by atoms with van der Waals surface area (Å²) in [7, 11) is 1.77. The summed E-state index contributed by atoms with van der Waals surface area (Å²) < 4.78 is 1.73. The molecule has 0 radical (unpaired) electrons. The summed E-state index contributed by atoms with van der Waals surface area (Å²) in [6.45, 7) is 3.99. The molecule has 2 heterocycles. The number of nitriles is 1. The SMILES string of the molecule is Cc1ccc(N2CCC(CNC(=O)[C@H](O)[C@@H](O)c3ncc(Cc4ccccc4)n3C)CC2)c(C#N)c1. The van der Waals surface area contributed by atoms with Gasteiger partial charge in [-0.05, 0) is 48.9 Å². The Balaban J connectivity index is 1.28. The predicted octanol–water partition coefficient (Wildman–Crippen LogP) is 2.62. The molecule has 1 aromatic heterocycles. The number of hydrogen-bond donors (Lipinski definition) is 3. The van der Waals surface area contributed by atoms with E-state index in [4.69, 9.17) is 0 Å². The van der Waals surface area contributed by atoms with E-state index < -0.39 is 18.1 Å². The maximum atomic E-state index is 12.6. The van der Waals surface area contributed by atoms with Crippen LogP contribution in [0.15, 0.2) is 54.7 Å². The van der Waals surface area contributed by atoms with Crippen molar-refractivity contribution in [3.63, 3.8) is 0 Å². The van der Waals surface area contributed by atoms with Crippen molar-refractivity contribution in [2.75, 3.05) is 24.5 Å². The summed E-state index contributed by atoms with van der Waals surface area (Å²) in [6.07, 6.45) is 0.986. The van der Waals surface area contributed by atoms with Crippen molar-refractivity contribution < 1.29 is 15.0 Å². The number of aromatic nitrogens is 2. The van der Waals surface area contributed by atoms with Crippen molar-refractivity contribution >= 4 is 11.6 Å². The Morgan fingerprint density at radius 2 is 1.92 bits per heavy atom. The number of nitrogens with one attached hydrogen (secondary N) is 1. The number of aliphatic hydroxyl groups is 2. The lowest BCUT2D eigenvalue weighted by molar-refractivity contribution is -0.136. The Morgan fingerprint density at radius 1 is 1.19 bits per heavy atom. The van der Waals surface area contributed by atoms with E-state index in [0.29, 0.717) is 18.5 Å². The van der Waals surface area contributed by atoms with Crippen molar-refractivity contribution in [3.05, 3.63) is 82.9 Å². The van der Waals surface area contributed by atoms with Gasteiger partial charge in [0, 0.05) is 45.0 Å². The van der Waals surface area contributed by atoms with E-state index in [9.17, 15) is 20.3 Å². The molecule has 0 unspecified atom stereocenters. The molecule has 0 aliphatic carbocycles. The quantitative estimate of drug-likeness (QED) is 0.450. The van der Waals surface area contributed by atoms with Gasteiger partial charge < -0.3 is 25.0 Å². The van der Waals surface area contributed by atoms with Gasteiger partial charge in [0.05, 0.1) is 11.3 Å². The zero-order chi connectivity index (χ0) is 25.7. The number of nitrogens with zero attached hydrogens (tertiary/aromatic N) is 4. The molecular weight excluding hydrogens is 454 g/mol. The van der Waals surface area contributed by atoms with Crippen LogP contribution in [0.5, 0.6) is 0 Å². The summed E-state index contributed by atoms with van der Waals surface area (Å²) in [6, 6.07) is 18.1. The van der Waals surface area contributed by atoms with E-state index >= 15 is 0 Å². The molecule has 3 aromatic rings. The lowest BCUT2D eigenvalue weighted by atomic mass is 9.95. The Kier molecular flexibility index (Phi) is 8.04. The van der Waals surface area contributed by atoms with Crippen LogP contribution in [-0.2, 0) is 18.3 Å². The van der Waals surface area contributed by atoms with Gasteiger partial charge in [0.1, 0.15) is 18.0 Å². The molecule has 1 saturated heterocycles. The molecule has 4 rings (SSSR count). The largest absolute Gasteiger partial charge is 0.382 e. The third-order valence-electron chi connectivity index (χ3n) is 6.97. The number of carbonyl (C=O) groups excluding carboxylic acids is 1. The maximum Gasteiger partial charge on any atom is 0.252 e. The highest BCUT2D eigenvalue weighted by molar-refractivity contribution is 5.81. The molecule has 2 atom stereocenters. The number of imidazole rings is 1. The van der Waals surface area contributed by atoms with Crippen molar-refractivity contribution in [2.45, 2.75) is 38.4 Å². The number of aliphatic hydroxyl groups excluding tert-OH is 2. The van der Waals surface area contributed by atoms with Crippen LogP contribution in [0.4, 0.5) is 5.69 Å². The van der Waals surface area contributed by atoms with Crippen LogP contribution < -0.4 is 10.2 Å². The molecule has 1 aliphatic rings. The van der Waals surface area contributed by atoms with Crippen LogP contribution in [0.3, 0.4) is 0 Å². The third kappa shape index (κ3) is 5.76. The van der Waals surface area contributed by atoms with E-state index in [1.165, 1.54) is 0 Å². The van der Waals surface area contributed by atoms with Crippen LogP contribution >= 0.6 is 0 Å². The second-order valence-corrected chi connectivity index (χ2v) is 9.53. The van der Waals surface area contributed by atoms with Crippen molar-refractivity contribution in [1.82, 2.24) is 14.9 Å². The van der Waals surface area contributed by atoms with Gasteiger partial charge in [0.25, 0.3) is 5.91 Å². The van der Waals surface area contributed by atoms with Gasteiger partial charge in [-0.1, -0.05) is 36.4 Å². The normalized spacial score (nSPS) is 15.8. The fourth-order valence-corrected chi connectivity index (χ4v) is 4.73. The molecular formula is C28H33N5O3. The zero-order valence-corrected chi connectivity index (χ0v) is 20.8. The Hall–Kier alpha value is -3.67. The number of amides is 1. The molecule has 3 N–H and O–H groups in total. The molecule has 188 valence electrons. The first-order valence-corrected chi connectivity index (χ1v) is 12.3. The highest BCUT2D eigenvalue weighted by Gasteiger charge is 2.30. The van der Waals surface area contributed by atoms with Crippen molar-refractivity contribution in [1.29, 1.82) is 5.26 Å². The monoisotopic (exact) mass is 487 g/mol. The standard InChI is InChI=1S/C28H33N5O3/c1-19-8-9-24(22(14-19)16-29)33-12-10-21(11-13-33)17-31-28(36)26(35)25(34)27-30-18-23(32(27)2)15-20-6-4-3-5-7-20/h3-9,14,18,21,25-26,34-35H,10-13,15,17H2,1-2H3,(H,31,36)/t25-,26-/m1/s1. The number of piperidine rings is 1. The first-order chi connectivity index (χ1) is 17.4. The first kappa shape index (κ1) is 25.4. The van der Waals surface area contributed by atoms with E-state index in [-0.39, 0.29) is 11.7 Å². The topological polar surface area (TPSA) is 114 Å². The summed E-state index contributed by atoms with van der Waals surface area (Å²) in [5, 5.41) is 33.4. The van der Waals surface area contributed by atoms with Gasteiger partial charge in [-0.3, -0.25) is 4.79 Å². The number of carbonyl (C=O) groups is 1. The van der Waals surface area contributed by atoms with Crippen molar-refractivity contribution in [2.24, 2.45) is 13.0 Å². The average Bonchev–Trinajstić information content (AvgIpc) is 3.26. The Morgan fingerprint density at radius 3 is 2.61 bits per heavy atom. The van der Waals surface area contributed by atoms with E-state index in [1.807, 2.05) is 55.5 Å². The Bertz CT molecular complexity index is 1230. The fraction of sp³-hybridized carbons (Fsp3) is 0.393. The molecule has 1 aliphatic heterocycles. The number of anilines is 1. The van der Waals surface area contributed by atoms with Crippen LogP contribution in [0.25, 0.3) is 0 Å². The molecule has 8 nitrogen and oxygen atoms in total. The van der Waals surface area contributed by atoms with Gasteiger partial charge in [-0.2, -0.15) is 5.26 Å². The van der Waals surface area contributed by atoms with Gasteiger partial charge in [-0.15, -0.1) is 0 Å². The number of rotatable bonds is 8. The summed E-state index contributed by atoms with van der Waals surface area (Å²) in [5.74, 6) is -0.0951. The number of aryl methyl sites for hydroxylation is 1. The summed E-state index contributed by atoms with van der Waals surface area (Å²) >= 11 is 0. The van der Waals surface area contributed by atoms with Crippen LogP contribution in [0.1, 0.15) is 47.2 Å². The highest BCUT2D eigenvalue weighted by atomic mass is 16.3. The number of benzene rings is 2. The maximum absolute atomic E-state index is 12.6. The summed E-state index contributed by atoms with van der Waals surface area (Å²) in [4.78, 5) is 19.1. The fourth-order valence-electron chi connectivity index (χ4n) is 4.73. The van der Waals surface area contributed by atoms with Crippen LogP contribution in [0, 0.1) is 24.2 Å². The van der Waals surface area contributed by atoms with Crippen molar-refractivity contribution in [3.8, 4) is 6.07 Å². The van der Waals surface area contributed by atoms with E-state index in [0.717, 1.165) is 48.4 Å². The third-order valence-corrected chi connectivity index (χ3v) is 6.97. The molecule has 2 aromatic carbocycles. The van der Waals surface area contributed by atoms with Gasteiger partial charge >= 0.3 is 0 Å². The molecule has 8 heteroatoms. The molecule has 1 fully saturated rings. The first-order valence-electron chi connectivity index (χ1n) is 12.3. The minimum absolute atomic E-state index is 0.253. The second kappa shape index (κ2) is 11.4. The van der Waals surface area contributed by atoms with Gasteiger partial charge in [0.2, 0.25) is 0 Å². The zero-order valence-electron chi connectivity index (χ0n) is 20.8. The van der Waals surface area contributed by atoms with Gasteiger partial charge in [0.15, 0.2) is 6.10 Å². The average molecular weight is 488 g/mol. The summed E-state index contributed by atoms with van der Waals surface area (Å²) in [5.41, 5.74) is 4.68. The lowest BCUT2D eigenvalue weighted by Crippen LogP contribution is -2.43. The molecule has 36 heavy (non-hydrogen) atoms. The second-order valence-electron chi connectivity index (χ2n) is 9.53. The smallest absolute Gasteiger partial charge is 0.252 e. The molecule has 0 spiro atoms. The Labute approximate surface area is 211 Å². The van der Waals surface area contributed by atoms with E-state index in [1.54, 1.807) is 17.8 Å². The van der Waals surface area contributed by atoms with Crippen LogP contribution in [0.2, 0.25) is 0 Å². The van der Waals surface area contributed by atoms with E-state index in [2.05, 4.69) is 21.3 Å². The van der Waals surface area contributed by atoms with Crippen LogP contribution in [-0.4, -0.2) is 51.4 Å². The predicted molar refractivity (Wildman–Crippen MR) is 137 cm³/mol. The number of hydrogen-bond acceptors (Lipinski definition) is 6. The molecule has 0 bridgehead atoms. The lowest BCUT2D eigenvalue weighted by Gasteiger charge is -2.34. The molecule has 0 saturated carbocycles. The highest BCUT2D eigenvalue weighted by Crippen LogP contribution is 2.27. The molecule has 1 amide bonds. The minimum Gasteiger partial charge on any atom is -0.382 e. The van der Waals surface area contributed by atoms with Gasteiger partial charge in [-0.25, -0.2) is 4.98 Å².